The summed E-state index contributed by atoms with van der Waals surface area (Å²) in [7, 11) is 0. The Kier molecular flexibility index (Phi) is 7.37. The molecule has 0 spiro atoms. The van der Waals surface area contributed by atoms with Crippen LogP contribution >= 0.6 is 15.9 Å². The van der Waals surface area contributed by atoms with Crippen LogP contribution in [0.25, 0.3) is 0 Å². The van der Waals surface area contributed by atoms with Crippen LogP contribution in [0.4, 0.5) is 5.69 Å². The van der Waals surface area contributed by atoms with E-state index in [9.17, 15) is 0 Å². The fourth-order valence-electron chi connectivity index (χ4n) is 4.86. The van der Waals surface area contributed by atoms with Crippen LogP contribution in [0.3, 0.4) is 0 Å². The standard InChI is InChI=1S/C26H35BrN2O/c1-19(2)30-24-7-8-25(27)23(17-24)15-20-9-12-29(13-10-20)14-11-21-16-22-5-3-4-6-26(22)28-18-21/h3-8,17,19-21,28H,9-16,18H2,1-2H3. The molecule has 4 heteroatoms. The van der Waals surface area contributed by atoms with Gasteiger partial charge in [0.25, 0.3) is 0 Å². The first-order valence-electron chi connectivity index (χ1n) is 11.6. The number of benzene rings is 2. The fraction of sp³-hybridized carbons (Fsp3) is 0.538. The maximum absolute atomic E-state index is 5.89. The molecular formula is C26H35BrN2O. The van der Waals surface area contributed by atoms with Crippen LogP contribution in [0, 0.1) is 11.8 Å². The third-order valence-electron chi connectivity index (χ3n) is 6.57. The zero-order valence-corrected chi connectivity index (χ0v) is 20.0. The predicted octanol–water partition coefficient (Wildman–Crippen LogP) is 6.17. The molecule has 3 nitrogen and oxygen atoms in total. The van der Waals surface area contributed by atoms with Crippen LogP contribution in [-0.2, 0) is 12.8 Å². The highest BCUT2D eigenvalue weighted by Gasteiger charge is 2.23. The topological polar surface area (TPSA) is 24.5 Å². The first kappa shape index (κ1) is 21.7. The van der Waals surface area contributed by atoms with Gasteiger partial charge in [-0.25, -0.2) is 0 Å². The van der Waals surface area contributed by atoms with E-state index in [-0.39, 0.29) is 6.10 Å². The summed E-state index contributed by atoms with van der Waals surface area (Å²) in [5, 5.41) is 3.62. The summed E-state index contributed by atoms with van der Waals surface area (Å²) in [6.45, 7) is 9.00. The zero-order chi connectivity index (χ0) is 20.9. The number of nitrogens with one attached hydrogen (secondary N) is 1. The molecule has 2 aliphatic heterocycles. The Morgan fingerprint density at radius 2 is 1.90 bits per heavy atom. The number of halogens is 1. The van der Waals surface area contributed by atoms with E-state index in [1.807, 2.05) is 0 Å². The number of hydrogen-bond donors (Lipinski definition) is 1. The summed E-state index contributed by atoms with van der Waals surface area (Å²) in [5.41, 5.74) is 4.21. The minimum atomic E-state index is 0.218. The van der Waals surface area contributed by atoms with E-state index >= 15 is 0 Å². The third-order valence-corrected chi connectivity index (χ3v) is 7.34. The lowest BCUT2D eigenvalue weighted by molar-refractivity contribution is 0.174. The van der Waals surface area contributed by atoms with Gasteiger partial charge in [0.1, 0.15) is 5.75 Å². The Morgan fingerprint density at radius 3 is 2.70 bits per heavy atom. The number of ether oxygens (including phenoxy) is 1. The van der Waals surface area contributed by atoms with Gasteiger partial charge in [-0.05, 0) is 113 Å². The maximum atomic E-state index is 5.89. The summed E-state index contributed by atoms with van der Waals surface area (Å²) in [6.07, 6.45) is 6.48. The molecule has 1 N–H and O–H groups in total. The summed E-state index contributed by atoms with van der Waals surface area (Å²) in [4.78, 5) is 2.68. The van der Waals surface area contributed by atoms with E-state index in [4.69, 9.17) is 4.74 Å². The molecule has 0 aliphatic carbocycles. The van der Waals surface area contributed by atoms with Gasteiger partial charge in [0, 0.05) is 16.7 Å². The Hall–Kier alpha value is -1.52. The lowest BCUT2D eigenvalue weighted by Crippen LogP contribution is -2.36. The second kappa shape index (κ2) is 10.2. The molecule has 0 radical (unpaired) electrons. The van der Waals surface area contributed by atoms with E-state index in [1.54, 1.807) is 0 Å². The van der Waals surface area contributed by atoms with Crippen LogP contribution in [0.1, 0.15) is 44.2 Å². The van der Waals surface area contributed by atoms with E-state index in [2.05, 4.69) is 82.5 Å². The first-order chi connectivity index (χ1) is 14.6. The maximum Gasteiger partial charge on any atom is 0.120 e. The normalized spacial score (nSPS) is 20.1. The molecule has 4 rings (SSSR count). The Bertz CT molecular complexity index is 830. The highest BCUT2D eigenvalue weighted by Crippen LogP contribution is 2.30. The summed E-state index contributed by atoms with van der Waals surface area (Å²) in [5.74, 6) is 2.52. The highest BCUT2D eigenvalue weighted by atomic mass is 79.9. The van der Waals surface area contributed by atoms with Crippen LogP contribution in [0.5, 0.6) is 5.75 Å². The van der Waals surface area contributed by atoms with Crippen molar-refractivity contribution in [1.82, 2.24) is 4.90 Å². The van der Waals surface area contributed by atoms with Crippen molar-refractivity contribution in [3.63, 3.8) is 0 Å². The van der Waals surface area contributed by atoms with Crippen LogP contribution in [0.2, 0.25) is 0 Å². The number of nitrogens with zero attached hydrogens (tertiary/aromatic N) is 1. The van der Waals surface area contributed by atoms with Crippen molar-refractivity contribution in [1.29, 1.82) is 0 Å². The average molecular weight is 471 g/mol. The first-order valence-corrected chi connectivity index (χ1v) is 12.4. The minimum Gasteiger partial charge on any atom is -0.491 e. The molecule has 0 amide bonds. The zero-order valence-electron chi connectivity index (χ0n) is 18.4. The number of piperidine rings is 1. The monoisotopic (exact) mass is 470 g/mol. The number of likely N-dealkylation sites (tertiary alicyclic amines) is 1. The highest BCUT2D eigenvalue weighted by molar-refractivity contribution is 9.10. The molecule has 1 fully saturated rings. The molecular weight excluding hydrogens is 436 g/mol. The number of anilines is 1. The molecule has 2 heterocycles. The fourth-order valence-corrected chi connectivity index (χ4v) is 5.26. The SMILES string of the molecule is CC(C)Oc1ccc(Br)c(CC2CCN(CCC3CNc4ccccc4C3)CC2)c1. The van der Waals surface area contributed by atoms with E-state index < -0.39 is 0 Å². The van der Waals surface area contributed by atoms with Crippen molar-refractivity contribution in [3.05, 3.63) is 58.1 Å². The second-order valence-electron chi connectivity index (χ2n) is 9.31. The number of hydrogen-bond acceptors (Lipinski definition) is 3. The van der Waals surface area contributed by atoms with Crippen molar-refractivity contribution in [2.24, 2.45) is 11.8 Å². The minimum absolute atomic E-state index is 0.218. The van der Waals surface area contributed by atoms with Crippen molar-refractivity contribution >= 4 is 21.6 Å². The summed E-state index contributed by atoms with van der Waals surface area (Å²) in [6, 6.07) is 15.2. The molecule has 1 atom stereocenters. The van der Waals surface area contributed by atoms with E-state index in [1.165, 1.54) is 66.6 Å². The molecule has 2 aliphatic rings. The van der Waals surface area contributed by atoms with Gasteiger partial charge < -0.3 is 15.0 Å². The van der Waals surface area contributed by atoms with E-state index in [0.717, 1.165) is 30.6 Å². The molecule has 0 aromatic heterocycles. The van der Waals surface area contributed by atoms with Gasteiger partial charge in [0.15, 0.2) is 0 Å². The van der Waals surface area contributed by atoms with Gasteiger partial charge in [-0.3, -0.25) is 0 Å². The van der Waals surface area contributed by atoms with E-state index in [0.29, 0.717) is 0 Å². The number of para-hydroxylation sites is 1. The predicted molar refractivity (Wildman–Crippen MR) is 130 cm³/mol. The van der Waals surface area contributed by atoms with Crippen LogP contribution in [0.15, 0.2) is 46.9 Å². The molecule has 1 saturated heterocycles. The third kappa shape index (κ3) is 5.79. The van der Waals surface area contributed by atoms with Crippen LogP contribution < -0.4 is 10.1 Å². The summed E-state index contributed by atoms with van der Waals surface area (Å²) >= 11 is 3.74. The van der Waals surface area contributed by atoms with Gasteiger partial charge in [-0.15, -0.1) is 0 Å². The average Bonchev–Trinajstić information content (AvgIpc) is 2.75. The Morgan fingerprint density at radius 1 is 1.10 bits per heavy atom. The molecule has 2 aromatic rings. The Balaban J connectivity index is 1.22. The Labute approximate surface area is 190 Å². The smallest absolute Gasteiger partial charge is 0.120 e. The molecule has 162 valence electrons. The summed E-state index contributed by atoms with van der Waals surface area (Å²) < 4.78 is 7.11. The molecule has 0 bridgehead atoms. The number of rotatable bonds is 7. The van der Waals surface area contributed by atoms with Gasteiger partial charge >= 0.3 is 0 Å². The van der Waals surface area contributed by atoms with Crippen LogP contribution in [-0.4, -0.2) is 37.2 Å². The molecule has 1 unspecified atom stereocenters. The second-order valence-corrected chi connectivity index (χ2v) is 10.2. The van der Waals surface area contributed by atoms with Crippen molar-refractivity contribution in [2.45, 2.75) is 52.1 Å². The van der Waals surface area contributed by atoms with Gasteiger partial charge in [-0.1, -0.05) is 34.1 Å². The van der Waals surface area contributed by atoms with Crippen molar-refractivity contribution in [3.8, 4) is 5.75 Å². The van der Waals surface area contributed by atoms with Gasteiger partial charge in [0.05, 0.1) is 6.10 Å². The van der Waals surface area contributed by atoms with Crippen molar-refractivity contribution in [2.75, 3.05) is 31.5 Å². The largest absolute Gasteiger partial charge is 0.491 e. The molecule has 0 saturated carbocycles. The van der Waals surface area contributed by atoms with Gasteiger partial charge in [0.2, 0.25) is 0 Å². The molecule has 2 aromatic carbocycles. The number of fused-ring (bicyclic) bond motifs is 1. The van der Waals surface area contributed by atoms with Gasteiger partial charge in [-0.2, -0.15) is 0 Å². The lowest BCUT2D eigenvalue weighted by Gasteiger charge is -2.34. The lowest BCUT2D eigenvalue weighted by atomic mass is 9.89. The molecule has 30 heavy (non-hydrogen) atoms. The quantitative estimate of drug-likeness (QED) is 0.523. The van der Waals surface area contributed by atoms with Crippen molar-refractivity contribution < 1.29 is 4.74 Å².